The molecule has 104 valence electrons. The Balaban J connectivity index is 3.41. The summed E-state index contributed by atoms with van der Waals surface area (Å²) in [6.07, 6.45) is 1.08. The zero-order chi connectivity index (χ0) is 12.9. The van der Waals surface area contributed by atoms with Gasteiger partial charge in [-0.1, -0.05) is 20.8 Å². The molecule has 0 aromatic carbocycles. The maximum atomic E-state index is 5.67. The van der Waals surface area contributed by atoms with Crippen molar-refractivity contribution in [3.63, 3.8) is 0 Å². The second-order valence-electron chi connectivity index (χ2n) is 4.22. The van der Waals surface area contributed by atoms with Crippen molar-refractivity contribution in [1.82, 2.24) is 9.80 Å². The number of nitrogens with two attached hydrogens (primary N) is 1. The van der Waals surface area contributed by atoms with E-state index >= 15 is 0 Å². The summed E-state index contributed by atoms with van der Waals surface area (Å²) in [7, 11) is 0. The Bertz CT molecular complexity index is 152. The summed E-state index contributed by atoms with van der Waals surface area (Å²) >= 11 is 0. The van der Waals surface area contributed by atoms with Gasteiger partial charge in [-0.3, -0.25) is 0 Å². The molecule has 0 unspecified atom stereocenters. The van der Waals surface area contributed by atoms with Gasteiger partial charge in [0.05, 0.1) is 13.2 Å². The molecule has 0 atom stereocenters. The highest BCUT2D eigenvalue weighted by Crippen LogP contribution is 1.92. The molecule has 0 fully saturated rings. The molecule has 4 heteroatoms. The topological polar surface area (TPSA) is 41.7 Å². The van der Waals surface area contributed by atoms with Crippen LogP contribution in [0, 0.1) is 0 Å². The lowest BCUT2D eigenvalue weighted by molar-refractivity contribution is 0.0862. The van der Waals surface area contributed by atoms with E-state index in [0.717, 1.165) is 65.4 Å². The van der Waals surface area contributed by atoms with Crippen LogP contribution in [0.1, 0.15) is 27.2 Å². The van der Waals surface area contributed by atoms with Crippen molar-refractivity contribution >= 4 is 0 Å². The molecular formula is C13H31N3O. The van der Waals surface area contributed by atoms with Crippen LogP contribution in [0.4, 0.5) is 0 Å². The number of ether oxygens (including phenoxy) is 1. The first kappa shape index (κ1) is 16.8. The lowest BCUT2D eigenvalue weighted by atomic mass is 10.4. The van der Waals surface area contributed by atoms with E-state index in [1.54, 1.807) is 0 Å². The monoisotopic (exact) mass is 245 g/mol. The van der Waals surface area contributed by atoms with Crippen molar-refractivity contribution in [2.75, 3.05) is 59.0 Å². The summed E-state index contributed by atoms with van der Waals surface area (Å²) in [4.78, 5) is 4.77. The van der Waals surface area contributed by atoms with E-state index in [-0.39, 0.29) is 0 Å². The summed E-state index contributed by atoms with van der Waals surface area (Å²) in [6, 6.07) is 0. The quantitative estimate of drug-likeness (QED) is 0.521. The largest absolute Gasteiger partial charge is 0.379 e. The molecule has 0 bridgehead atoms. The van der Waals surface area contributed by atoms with Gasteiger partial charge in [0.1, 0.15) is 0 Å². The van der Waals surface area contributed by atoms with E-state index in [2.05, 4.69) is 30.6 Å². The summed E-state index contributed by atoms with van der Waals surface area (Å²) < 4.78 is 5.67. The molecule has 0 heterocycles. The van der Waals surface area contributed by atoms with Crippen molar-refractivity contribution in [3.05, 3.63) is 0 Å². The predicted molar refractivity (Wildman–Crippen MR) is 74.4 cm³/mol. The molecule has 0 aliphatic rings. The Morgan fingerprint density at radius 1 is 0.824 bits per heavy atom. The van der Waals surface area contributed by atoms with E-state index < -0.39 is 0 Å². The van der Waals surface area contributed by atoms with Crippen molar-refractivity contribution in [3.8, 4) is 0 Å². The molecule has 17 heavy (non-hydrogen) atoms. The molecule has 0 saturated heterocycles. The van der Waals surface area contributed by atoms with Crippen molar-refractivity contribution in [2.24, 2.45) is 5.73 Å². The lowest BCUT2D eigenvalue weighted by Crippen LogP contribution is -2.31. The fourth-order valence-electron chi connectivity index (χ4n) is 1.77. The molecule has 0 amide bonds. The maximum absolute atomic E-state index is 5.67. The maximum Gasteiger partial charge on any atom is 0.0594 e. The highest BCUT2D eigenvalue weighted by atomic mass is 16.5. The summed E-state index contributed by atoms with van der Waals surface area (Å²) in [6.45, 7) is 15.5. The molecule has 0 radical (unpaired) electrons. The number of hydrogen-bond donors (Lipinski definition) is 1. The van der Waals surface area contributed by atoms with Crippen LogP contribution < -0.4 is 5.73 Å². The van der Waals surface area contributed by atoms with E-state index in [9.17, 15) is 0 Å². The molecule has 0 rings (SSSR count). The first-order valence-electron chi connectivity index (χ1n) is 7.00. The third-order valence-electron chi connectivity index (χ3n) is 3.12. The Hall–Kier alpha value is -0.160. The zero-order valence-corrected chi connectivity index (χ0v) is 12.0. The van der Waals surface area contributed by atoms with Crippen molar-refractivity contribution in [2.45, 2.75) is 27.2 Å². The normalized spacial score (nSPS) is 11.6. The van der Waals surface area contributed by atoms with Crippen LogP contribution in [0.3, 0.4) is 0 Å². The van der Waals surface area contributed by atoms with Gasteiger partial charge in [0.2, 0.25) is 0 Å². The van der Waals surface area contributed by atoms with Gasteiger partial charge in [-0.05, 0) is 39.1 Å². The van der Waals surface area contributed by atoms with Gasteiger partial charge in [-0.2, -0.15) is 0 Å². The molecule has 0 aliphatic carbocycles. The Kier molecular flexibility index (Phi) is 12.2. The highest BCUT2D eigenvalue weighted by molar-refractivity contribution is 4.56. The van der Waals surface area contributed by atoms with Crippen LogP contribution in [-0.4, -0.2) is 68.8 Å². The fraction of sp³-hybridized carbons (Fsp3) is 1.00. The van der Waals surface area contributed by atoms with Gasteiger partial charge in [-0.25, -0.2) is 0 Å². The summed E-state index contributed by atoms with van der Waals surface area (Å²) in [5.41, 5.74) is 5.51. The Morgan fingerprint density at radius 3 is 1.82 bits per heavy atom. The lowest BCUT2D eigenvalue weighted by Gasteiger charge is -2.21. The average molecular weight is 245 g/mol. The van der Waals surface area contributed by atoms with Crippen LogP contribution in [0.5, 0.6) is 0 Å². The van der Waals surface area contributed by atoms with Gasteiger partial charge >= 0.3 is 0 Å². The number of hydrogen-bond acceptors (Lipinski definition) is 4. The number of likely N-dealkylation sites (N-methyl/N-ethyl adjacent to an activating group) is 2. The van der Waals surface area contributed by atoms with E-state index in [4.69, 9.17) is 10.5 Å². The highest BCUT2D eigenvalue weighted by Gasteiger charge is 2.02. The van der Waals surface area contributed by atoms with Crippen molar-refractivity contribution in [1.29, 1.82) is 0 Å². The molecule has 2 N–H and O–H groups in total. The molecule has 0 spiro atoms. The molecule has 4 nitrogen and oxygen atoms in total. The first-order valence-corrected chi connectivity index (χ1v) is 7.00. The van der Waals surface area contributed by atoms with Crippen LogP contribution in [0.25, 0.3) is 0 Å². The summed E-state index contributed by atoms with van der Waals surface area (Å²) in [5, 5.41) is 0. The van der Waals surface area contributed by atoms with E-state index in [0.29, 0.717) is 0 Å². The third kappa shape index (κ3) is 9.53. The molecular weight excluding hydrogens is 214 g/mol. The minimum Gasteiger partial charge on any atom is -0.379 e. The second-order valence-corrected chi connectivity index (χ2v) is 4.22. The number of rotatable bonds is 12. The third-order valence-corrected chi connectivity index (χ3v) is 3.12. The minimum absolute atomic E-state index is 0.777. The zero-order valence-electron chi connectivity index (χ0n) is 12.0. The molecule has 0 aromatic heterocycles. The molecule has 0 aliphatic heterocycles. The van der Waals surface area contributed by atoms with Gasteiger partial charge in [0, 0.05) is 13.1 Å². The van der Waals surface area contributed by atoms with Crippen molar-refractivity contribution < 1.29 is 4.74 Å². The first-order chi connectivity index (χ1) is 8.28. The van der Waals surface area contributed by atoms with Crippen LogP contribution in [-0.2, 0) is 4.74 Å². The van der Waals surface area contributed by atoms with Crippen LogP contribution in [0.15, 0.2) is 0 Å². The van der Waals surface area contributed by atoms with Crippen LogP contribution in [0.2, 0.25) is 0 Å². The SMILES string of the molecule is CCN(CC)CCOCCN(CC)CCCN. The van der Waals surface area contributed by atoms with E-state index in [1.165, 1.54) is 0 Å². The standard InChI is InChI=1S/C13H31N3O/c1-4-15(5-2)10-12-17-13-11-16(6-3)9-7-8-14/h4-14H2,1-3H3. The smallest absolute Gasteiger partial charge is 0.0594 e. The number of nitrogens with zero attached hydrogens (tertiary/aromatic N) is 2. The van der Waals surface area contributed by atoms with E-state index in [1.807, 2.05) is 0 Å². The second kappa shape index (κ2) is 12.3. The fourth-order valence-corrected chi connectivity index (χ4v) is 1.77. The predicted octanol–water partition coefficient (Wildman–Crippen LogP) is 1.02. The van der Waals surface area contributed by atoms with Gasteiger partial charge in [0.25, 0.3) is 0 Å². The van der Waals surface area contributed by atoms with Gasteiger partial charge in [0.15, 0.2) is 0 Å². The Morgan fingerprint density at radius 2 is 1.35 bits per heavy atom. The Labute approximate surface area is 107 Å². The van der Waals surface area contributed by atoms with Crippen LogP contribution >= 0.6 is 0 Å². The van der Waals surface area contributed by atoms with Gasteiger partial charge < -0.3 is 20.3 Å². The van der Waals surface area contributed by atoms with Gasteiger partial charge in [-0.15, -0.1) is 0 Å². The summed E-state index contributed by atoms with van der Waals surface area (Å²) in [5.74, 6) is 0. The minimum atomic E-state index is 0.777. The molecule has 0 saturated carbocycles. The average Bonchev–Trinajstić information content (AvgIpc) is 2.37. The molecule has 0 aromatic rings.